The molecule has 0 saturated heterocycles. The van der Waals surface area contributed by atoms with E-state index in [0.717, 1.165) is 18.5 Å². The van der Waals surface area contributed by atoms with Gasteiger partial charge in [0.1, 0.15) is 0 Å². The van der Waals surface area contributed by atoms with E-state index in [4.69, 9.17) is 0 Å². The normalized spacial score (nSPS) is 22.1. The van der Waals surface area contributed by atoms with Gasteiger partial charge in [-0.25, -0.2) is 0 Å². The van der Waals surface area contributed by atoms with Crippen LogP contribution >= 0.6 is 0 Å². The van der Waals surface area contributed by atoms with Crippen molar-refractivity contribution in [3.63, 3.8) is 0 Å². The first-order chi connectivity index (χ1) is 11.3. The topological polar surface area (TPSA) is 20.3 Å². The lowest BCUT2D eigenvalue weighted by Gasteiger charge is -2.51. The molecule has 1 heterocycles. The van der Waals surface area contributed by atoms with E-state index in [0.29, 0.717) is 0 Å². The number of carbonyl (C=O) groups excluding carboxylic acids is 1. The molecule has 24 heavy (non-hydrogen) atoms. The Kier molecular flexibility index (Phi) is 4.03. The average molecular weight is 321 g/mol. The van der Waals surface area contributed by atoms with E-state index < -0.39 is 0 Å². The van der Waals surface area contributed by atoms with Crippen molar-refractivity contribution in [3.8, 4) is 0 Å². The molecule has 1 aliphatic heterocycles. The van der Waals surface area contributed by atoms with Crippen LogP contribution in [0.15, 0.2) is 48.5 Å². The van der Waals surface area contributed by atoms with Crippen LogP contribution in [0.3, 0.4) is 0 Å². The Hall–Kier alpha value is -2.09. The van der Waals surface area contributed by atoms with Crippen LogP contribution in [0.1, 0.15) is 57.7 Å². The SMILES string of the molecule is CCc1ccc(C2(C)CC(C)(C)N(C(C)=O)c3ccccc32)cc1. The molecule has 2 heteroatoms. The maximum Gasteiger partial charge on any atom is 0.224 e. The van der Waals surface area contributed by atoms with Crippen molar-refractivity contribution in [2.45, 2.75) is 58.4 Å². The van der Waals surface area contributed by atoms with Crippen molar-refractivity contribution in [2.75, 3.05) is 4.90 Å². The number of hydrogen-bond acceptors (Lipinski definition) is 1. The van der Waals surface area contributed by atoms with Gasteiger partial charge in [-0.1, -0.05) is 56.3 Å². The number of rotatable bonds is 2. The zero-order valence-corrected chi connectivity index (χ0v) is 15.4. The fourth-order valence-electron chi connectivity index (χ4n) is 4.46. The van der Waals surface area contributed by atoms with Crippen LogP contribution < -0.4 is 4.90 Å². The van der Waals surface area contributed by atoms with Crippen molar-refractivity contribution in [1.29, 1.82) is 0 Å². The number of nitrogens with zero attached hydrogens (tertiary/aromatic N) is 1. The molecule has 2 aromatic carbocycles. The molecule has 1 unspecified atom stereocenters. The molecule has 0 spiro atoms. The second-order valence-electron chi connectivity index (χ2n) is 7.74. The van der Waals surface area contributed by atoms with Crippen LogP contribution in [0.4, 0.5) is 5.69 Å². The van der Waals surface area contributed by atoms with Gasteiger partial charge >= 0.3 is 0 Å². The Balaban J connectivity index is 2.20. The Labute approximate surface area is 145 Å². The smallest absolute Gasteiger partial charge is 0.224 e. The molecule has 0 aromatic heterocycles. The van der Waals surface area contributed by atoms with Crippen LogP contribution in [0, 0.1) is 0 Å². The summed E-state index contributed by atoms with van der Waals surface area (Å²) in [5, 5.41) is 0. The maximum absolute atomic E-state index is 12.3. The highest BCUT2D eigenvalue weighted by Crippen LogP contribution is 2.50. The highest BCUT2D eigenvalue weighted by Gasteiger charge is 2.46. The molecule has 0 fully saturated rings. The Morgan fingerprint density at radius 1 is 1.04 bits per heavy atom. The van der Waals surface area contributed by atoms with Gasteiger partial charge in [-0.15, -0.1) is 0 Å². The van der Waals surface area contributed by atoms with Crippen LogP contribution in [0.5, 0.6) is 0 Å². The third-order valence-corrected chi connectivity index (χ3v) is 5.45. The Morgan fingerprint density at radius 3 is 2.25 bits per heavy atom. The number of carbonyl (C=O) groups is 1. The van der Waals surface area contributed by atoms with Gasteiger partial charge in [-0.3, -0.25) is 4.79 Å². The summed E-state index contributed by atoms with van der Waals surface area (Å²) in [6.45, 7) is 10.5. The van der Waals surface area contributed by atoms with Crippen LogP contribution in [-0.2, 0) is 16.6 Å². The summed E-state index contributed by atoms with van der Waals surface area (Å²) in [6, 6.07) is 17.3. The molecule has 0 N–H and O–H groups in total. The molecular formula is C22H27NO. The third kappa shape index (κ3) is 2.54. The van der Waals surface area contributed by atoms with Crippen molar-refractivity contribution in [1.82, 2.24) is 0 Å². The van der Waals surface area contributed by atoms with Crippen LogP contribution in [-0.4, -0.2) is 11.4 Å². The minimum Gasteiger partial charge on any atom is -0.307 e. The number of benzene rings is 2. The molecule has 0 radical (unpaired) electrons. The highest BCUT2D eigenvalue weighted by atomic mass is 16.2. The van der Waals surface area contributed by atoms with Gasteiger partial charge in [0.25, 0.3) is 0 Å². The van der Waals surface area contributed by atoms with Crippen molar-refractivity contribution < 1.29 is 4.79 Å². The molecule has 1 amide bonds. The summed E-state index contributed by atoms with van der Waals surface area (Å²) < 4.78 is 0. The van der Waals surface area contributed by atoms with Crippen LogP contribution in [0.25, 0.3) is 0 Å². The second kappa shape index (κ2) is 5.77. The highest BCUT2D eigenvalue weighted by molar-refractivity contribution is 5.95. The Bertz CT molecular complexity index is 760. The summed E-state index contributed by atoms with van der Waals surface area (Å²) in [5.41, 5.74) is 4.64. The first-order valence-electron chi connectivity index (χ1n) is 8.79. The van der Waals surface area contributed by atoms with Crippen molar-refractivity contribution in [2.24, 2.45) is 0 Å². The lowest BCUT2D eigenvalue weighted by atomic mass is 9.65. The number of amides is 1. The summed E-state index contributed by atoms with van der Waals surface area (Å²) in [6.07, 6.45) is 1.96. The fourth-order valence-corrected chi connectivity index (χ4v) is 4.46. The number of para-hydroxylation sites is 1. The largest absolute Gasteiger partial charge is 0.307 e. The number of anilines is 1. The van der Waals surface area contributed by atoms with Gasteiger partial charge < -0.3 is 4.90 Å². The van der Waals surface area contributed by atoms with Gasteiger partial charge in [0.15, 0.2) is 0 Å². The van der Waals surface area contributed by atoms with E-state index in [-0.39, 0.29) is 16.9 Å². The zero-order valence-electron chi connectivity index (χ0n) is 15.4. The molecule has 3 rings (SSSR count). The fraction of sp³-hybridized carbons (Fsp3) is 0.409. The molecular weight excluding hydrogens is 294 g/mol. The summed E-state index contributed by atoms with van der Waals surface area (Å²) in [4.78, 5) is 14.3. The number of fused-ring (bicyclic) bond motifs is 1. The van der Waals surface area contributed by atoms with E-state index in [1.165, 1.54) is 16.7 Å². The lowest BCUT2D eigenvalue weighted by molar-refractivity contribution is -0.117. The molecule has 0 aliphatic carbocycles. The molecule has 2 aromatic rings. The average Bonchev–Trinajstić information content (AvgIpc) is 2.53. The number of aryl methyl sites for hydroxylation is 1. The standard InChI is InChI=1S/C22H27NO/c1-6-17-11-13-18(14-12-17)22(5)15-21(3,4)23(16(2)24)20-10-8-7-9-19(20)22/h7-14H,6,15H2,1-5H3. The molecule has 1 aliphatic rings. The molecule has 2 nitrogen and oxygen atoms in total. The maximum atomic E-state index is 12.3. The van der Waals surface area contributed by atoms with Gasteiger partial charge in [-0.2, -0.15) is 0 Å². The second-order valence-corrected chi connectivity index (χ2v) is 7.74. The summed E-state index contributed by atoms with van der Waals surface area (Å²) in [7, 11) is 0. The van der Waals surface area contributed by atoms with E-state index >= 15 is 0 Å². The molecule has 126 valence electrons. The minimum atomic E-state index is -0.224. The van der Waals surface area contributed by atoms with E-state index in [9.17, 15) is 4.79 Å². The van der Waals surface area contributed by atoms with Gasteiger partial charge in [0.05, 0.1) is 0 Å². The first kappa shape index (κ1) is 16.8. The predicted molar refractivity (Wildman–Crippen MR) is 101 cm³/mol. The van der Waals surface area contributed by atoms with Gasteiger partial charge in [0, 0.05) is 23.6 Å². The molecule has 1 atom stereocenters. The minimum absolute atomic E-state index is 0.0989. The first-order valence-corrected chi connectivity index (χ1v) is 8.79. The summed E-state index contributed by atoms with van der Waals surface area (Å²) >= 11 is 0. The van der Waals surface area contributed by atoms with E-state index in [1.54, 1.807) is 6.92 Å². The van der Waals surface area contributed by atoms with Crippen molar-refractivity contribution >= 4 is 11.6 Å². The third-order valence-electron chi connectivity index (χ3n) is 5.45. The van der Waals surface area contributed by atoms with E-state index in [1.807, 2.05) is 11.0 Å². The summed E-state index contributed by atoms with van der Waals surface area (Å²) in [5.74, 6) is 0.107. The lowest BCUT2D eigenvalue weighted by Crippen LogP contribution is -2.55. The van der Waals surface area contributed by atoms with Gasteiger partial charge in [-0.05, 0) is 49.4 Å². The van der Waals surface area contributed by atoms with Crippen LogP contribution in [0.2, 0.25) is 0 Å². The molecule has 0 bridgehead atoms. The monoisotopic (exact) mass is 321 g/mol. The molecule has 0 saturated carbocycles. The predicted octanol–water partition coefficient (Wildman–Crippen LogP) is 5.09. The zero-order chi connectivity index (χ0) is 17.5. The van der Waals surface area contributed by atoms with Gasteiger partial charge in [0.2, 0.25) is 5.91 Å². The quantitative estimate of drug-likeness (QED) is 0.754. The number of hydrogen-bond donors (Lipinski definition) is 0. The Morgan fingerprint density at radius 2 is 1.67 bits per heavy atom. The van der Waals surface area contributed by atoms with Crippen molar-refractivity contribution in [3.05, 3.63) is 65.2 Å². The van der Waals surface area contributed by atoms with E-state index in [2.05, 4.69) is 70.2 Å².